The van der Waals surface area contributed by atoms with Crippen LogP contribution in [0.4, 0.5) is 0 Å². The van der Waals surface area contributed by atoms with Gasteiger partial charge < -0.3 is 19.2 Å². The molecule has 0 aliphatic carbocycles. The summed E-state index contributed by atoms with van der Waals surface area (Å²) in [5, 5.41) is 11.4. The normalized spacial score (nSPS) is 17.7. The van der Waals surface area contributed by atoms with Crippen molar-refractivity contribution in [1.29, 1.82) is 0 Å². The van der Waals surface area contributed by atoms with Crippen molar-refractivity contribution in [2.75, 3.05) is 6.61 Å². The first-order valence-corrected chi connectivity index (χ1v) is 11.1. The third kappa shape index (κ3) is 4.18. The predicted octanol–water partition coefficient (Wildman–Crippen LogP) is 5.72. The molecule has 1 atom stereocenters. The minimum Gasteiger partial charge on any atom is -0.507 e. The number of rotatable bonds is 6. The number of ketones is 1. The molecule has 1 amide bonds. The molecule has 8 heteroatoms. The molecular formula is C24H19BrClNO5. The van der Waals surface area contributed by atoms with E-state index in [0.717, 1.165) is 4.47 Å². The zero-order valence-electron chi connectivity index (χ0n) is 17.0. The summed E-state index contributed by atoms with van der Waals surface area (Å²) in [6.07, 6.45) is 1.50. The van der Waals surface area contributed by atoms with Crippen LogP contribution in [0.3, 0.4) is 0 Å². The van der Waals surface area contributed by atoms with Gasteiger partial charge in [-0.05, 0) is 55.0 Å². The van der Waals surface area contributed by atoms with Gasteiger partial charge >= 0.3 is 0 Å². The van der Waals surface area contributed by atoms with Crippen molar-refractivity contribution in [3.63, 3.8) is 0 Å². The highest BCUT2D eigenvalue weighted by Gasteiger charge is 2.46. The maximum Gasteiger partial charge on any atom is 0.296 e. The van der Waals surface area contributed by atoms with E-state index in [-0.39, 0.29) is 17.9 Å². The second kappa shape index (κ2) is 9.22. The maximum absolute atomic E-state index is 13.1. The Morgan fingerprint density at radius 3 is 2.56 bits per heavy atom. The van der Waals surface area contributed by atoms with E-state index in [1.807, 2.05) is 19.1 Å². The van der Waals surface area contributed by atoms with E-state index in [9.17, 15) is 14.7 Å². The standard InChI is InChI=1S/C24H19BrClNO5/c1-2-31-19-10-7-15(12-18(19)26)22(28)20-21(14-5-8-16(25)9-6-14)27(24(30)23(20)29)13-17-4-3-11-32-17/h3-12,21,28H,2,13H2,1H3/t21-/m1/s1. The number of nitrogens with zero attached hydrogens (tertiary/aromatic N) is 1. The maximum atomic E-state index is 13.1. The molecule has 1 aliphatic heterocycles. The number of halogens is 2. The molecule has 2 aromatic carbocycles. The highest BCUT2D eigenvalue weighted by Crippen LogP contribution is 2.41. The number of amides is 1. The lowest BCUT2D eigenvalue weighted by Crippen LogP contribution is -2.29. The topological polar surface area (TPSA) is 80.0 Å². The number of carbonyl (C=O) groups is 2. The Bertz CT molecular complexity index is 1190. The largest absolute Gasteiger partial charge is 0.507 e. The number of hydrogen-bond acceptors (Lipinski definition) is 5. The molecule has 1 aliphatic rings. The van der Waals surface area contributed by atoms with Crippen LogP contribution >= 0.6 is 27.5 Å². The van der Waals surface area contributed by atoms with Crippen LogP contribution in [0.25, 0.3) is 5.76 Å². The number of aliphatic hydroxyl groups excluding tert-OH is 1. The van der Waals surface area contributed by atoms with E-state index < -0.39 is 17.7 Å². The number of Topliss-reactive ketones (excluding diaryl/α,β-unsaturated/α-hetero) is 1. The molecule has 0 unspecified atom stereocenters. The molecule has 1 aromatic heterocycles. The quantitative estimate of drug-likeness (QED) is 0.258. The predicted molar refractivity (Wildman–Crippen MR) is 123 cm³/mol. The molecule has 164 valence electrons. The molecular weight excluding hydrogens is 498 g/mol. The van der Waals surface area contributed by atoms with Gasteiger partial charge in [-0.25, -0.2) is 0 Å². The fourth-order valence-corrected chi connectivity index (χ4v) is 4.18. The Hall–Kier alpha value is -3.03. The summed E-state index contributed by atoms with van der Waals surface area (Å²) < 4.78 is 11.7. The van der Waals surface area contributed by atoms with Crippen LogP contribution < -0.4 is 4.74 Å². The average molecular weight is 517 g/mol. The zero-order chi connectivity index (χ0) is 22.8. The van der Waals surface area contributed by atoms with E-state index in [1.54, 1.807) is 36.4 Å². The Morgan fingerprint density at radius 1 is 1.19 bits per heavy atom. The molecule has 0 radical (unpaired) electrons. The molecule has 6 nitrogen and oxygen atoms in total. The van der Waals surface area contributed by atoms with Crippen LogP contribution in [0.2, 0.25) is 5.02 Å². The van der Waals surface area contributed by atoms with Gasteiger partial charge in [-0.15, -0.1) is 0 Å². The number of furan rings is 1. The number of ether oxygens (including phenoxy) is 1. The monoisotopic (exact) mass is 515 g/mol. The Balaban J connectivity index is 1.84. The third-order valence-corrected chi connectivity index (χ3v) is 5.96. The number of hydrogen-bond donors (Lipinski definition) is 1. The summed E-state index contributed by atoms with van der Waals surface area (Å²) in [6, 6.07) is 14.6. The molecule has 3 aromatic rings. The van der Waals surface area contributed by atoms with Gasteiger partial charge in [0.1, 0.15) is 17.3 Å². The number of likely N-dealkylation sites (tertiary alicyclic amines) is 1. The van der Waals surface area contributed by atoms with Crippen LogP contribution in [-0.2, 0) is 16.1 Å². The summed E-state index contributed by atoms with van der Waals surface area (Å²) in [5.74, 6) is -0.797. The highest BCUT2D eigenvalue weighted by molar-refractivity contribution is 9.10. The van der Waals surface area contributed by atoms with Crippen molar-refractivity contribution in [3.8, 4) is 5.75 Å². The number of benzene rings is 2. The highest BCUT2D eigenvalue weighted by atomic mass is 79.9. The van der Waals surface area contributed by atoms with Gasteiger partial charge in [0.25, 0.3) is 11.7 Å². The molecule has 0 saturated carbocycles. The van der Waals surface area contributed by atoms with Gasteiger partial charge in [0.15, 0.2) is 0 Å². The lowest BCUT2D eigenvalue weighted by atomic mass is 9.95. The first-order valence-electron chi connectivity index (χ1n) is 9.89. The Kier molecular flexibility index (Phi) is 6.39. The summed E-state index contributed by atoms with van der Waals surface area (Å²) in [7, 11) is 0. The second-order valence-electron chi connectivity index (χ2n) is 7.14. The molecule has 0 bridgehead atoms. The average Bonchev–Trinajstić information content (AvgIpc) is 3.38. The van der Waals surface area contributed by atoms with E-state index in [0.29, 0.717) is 34.3 Å². The molecule has 32 heavy (non-hydrogen) atoms. The van der Waals surface area contributed by atoms with E-state index in [4.69, 9.17) is 20.8 Å². The smallest absolute Gasteiger partial charge is 0.296 e. The minimum atomic E-state index is -0.793. The molecule has 1 fully saturated rings. The third-order valence-electron chi connectivity index (χ3n) is 5.14. The van der Waals surface area contributed by atoms with Crippen LogP contribution in [-0.4, -0.2) is 28.3 Å². The molecule has 1 N–H and O–H groups in total. The van der Waals surface area contributed by atoms with Crippen LogP contribution in [0.15, 0.2) is 75.3 Å². The van der Waals surface area contributed by atoms with Crippen molar-refractivity contribution < 1.29 is 23.8 Å². The van der Waals surface area contributed by atoms with E-state index in [1.165, 1.54) is 17.2 Å². The SMILES string of the molecule is CCOc1ccc(C(O)=C2C(=O)C(=O)N(Cc3ccco3)[C@@H]2c2ccc(Br)cc2)cc1Cl. The van der Waals surface area contributed by atoms with E-state index in [2.05, 4.69) is 15.9 Å². The first kappa shape index (κ1) is 22.2. The lowest BCUT2D eigenvalue weighted by Gasteiger charge is -2.24. The van der Waals surface area contributed by atoms with Crippen LogP contribution in [0.5, 0.6) is 5.75 Å². The number of carbonyl (C=O) groups excluding carboxylic acids is 2. The summed E-state index contributed by atoms with van der Waals surface area (Å²) in [4.78, 5) is 27.4. The fraction of sp³-hybridized carbons (Fsp3) is 0.167. The number of aliphatic hydroxyl groups is 1. The van der Waals surface area contributed by atoms with Gasteiger partial charge in [0, 0.05) is 10.0 Å². The second-order valence-corrected chi connectivity index (χ2v) is 8.46. The first-order chi connectivity index (χ1) is 15.4. The van der Waals surface area contributed by atoms with Gasteiger partial charge in [0.05, 0.1) is 36.1 Å². The lowest BCUT2D eigenvalue weighted by molar-refractivity contribution is -0.140. The molecule has 4 rings (SSSR count). The van der Waals surface area contributed by atoms with Gasteiger partial charge in [-0.2, -0.15) is 0 Å². The fourth-order valence-electron chi connectivity index (χ4n) is 3.68. The Morgan fingerprint density at radius 2 is 1.94 bits per heavy atom. The minimum absolute atomic E-state index is 0.0101. The molecule has 1 saturated heterocycles. The molecule has 2 heterocycles. The van der Waals surface area contributed by atoms with Crippen molar-refractivity contribution in [3.05, 3.63) is 92.8 Å². The van der Waals surface area contributed by atoms with Gasteiger partial charge in [0.2, 0.25) is 0 Å². The van der Waals surface area contributed by atoms with Gasteiger partial charge in [-0.3, -0.25) is 9.59 Å². The van der Waals surface area contributed by atoms with Crippen LogP contribution in [0, 0.1) is 0 Å². The van der Waals surface area contributed by atoms with Crippen molar-refractivity contribution in [1.82, 2.24) is 4.90 Å². The zero-order valence-corrected chi connectivity index (χ0v) is 19.4. The molecule has 0 spiro atoms. The van der Waals surface area contributed by atoms with Crippen molar-refractivity contribution in [2.45, 2.75) is 19.5 Å². The summed E-state index contributed by atoms with van der Waals surface area (Å²) >= 11 is 9.68. The summed E-state index contributed by atoms with van der Waals surface area (Å²) in [5.41, 5.74) is 0.984. The van der Waals surface area contributed by atoms with Gasteiger partial charge in [-0.1, -0.05) is 39.7 Å². The van der Waals surface area contributed by atoms with E-state index >= 15 is 0 Å². The summed E-state index contributed by atoms with van der Waals surface area (Å²) in [6.45, 7) is 2.36. The van der Waals surface area contributed by atoms with Crippen molar-refractivity contribution in [2.24, 2.45) is 0 Å². The van der Waals surface area contributed by atoms with Crippen LogP contribution in [0.1, 0.15) is 29.9 Å². The Labute approximate surface area is 198 Å². The van der Waals surface area contributed by atoms with Crippen molar-refractivity contribution >= 4 is 45.0 Å².